The first-order valence-electron chi connectivity index (χ1n) is 10.3. The van der Waals surface area contributed by atoms with Gasteiger partial charge in [-0.15, -0.1) is 0 Å². The third-order valence-corrected chi connectivity index (χ3v) is 6.17. The van der Waals surface area contributed by atoms with Gasteiger partial charge in [0, 0.05) is 37.5 Å². The summed E-state index contributed by atoms with van der Waals surface area (Å²) in [5.41, 5.74) is 8.76. The zero-order chi connectivity index (χ0) is 20.9. The average Bonchev–Trinajstić information content (AvgIpc) is 2.78. The van der Waals surface area contributed by atoms with Gasteiger partial charge in [-0.1, -0.05) is 26.0 Å². The number of hydrogen-bond acceptors (Lipinski definition) is 4. The number of nitrogens with one attached hydrogen (secondary N) is 2. The number of fused-ring (bicyclic) bond motifs is 1. The molecule has 4 nitrogen and oxygen atoms in total. The van der Waals surface area contributed by atoms with Gasteiger partial charge in [-0.25, -0.2) is 0 Å². The lowest BCUT2D eigenvalue weighted by Crippen LogP contribution is -2.31. The van der Waals surface area contributed by atoms with E-state index in [2.05, 4.69) is 79.6 Å². The molecule has 1 heterocycles. The van der Waals surface area contributed by atoms with Gasteiger partial charge in [-0.2, -0.15) is 0 Å². The number of carbonyl (C=O) groups excluding carboxylic acids is 1. The number of ketones is 1. The lowest BCUT2D eigenvalue weighted by Gasteiger charge is -2.34. The Morgan fingerprint density at radius 1 is 0.966 bits per heavy atom. The van der Waals surface area contributed by atoms with Gasteiger partial charge >= 0.3 is 0 Å². The van der Waals surface area contributed by atoms with E-state index >= 15 is 0 Å². The zero-order valence-corrected chi connectivity index (χ0v) is 18.3. The molecule has 1 aliphatic heterocycles. The van der Waals surface area contributed by atoms with Crippen molar-refractivity contribution in [3.05, 3.63) is 64.4 Å². The molecule has 0 amide bonds. The van der Waals surface area contributed by atoms with Crippen LogP contribution in [0.1, 0.15) is 49.4 Å². The molecule has 0 aromatic heterocycles. The summed E-state index contributed by atoms with van der Waals surface area (Å²) < 4.78 is 0. The van der Waals surface area contributed by atoms with E-state index in [1.807, 2.05) is 14.1 Å². The number of nitrogens with zero attached hydrogens (tertiary/aromatic N) is 1. The zero-order valence-electron chi connectivity index (χ0n) is 18.3. The highest BCUT2D eigenvalue weighted by atomic mass is 16.1. The summed E-state index contributed by atoms with van der Waals surface area (Å²) in [4.78, 5) is 15.4. The molecule has 0 saturated carbocycles. The van der Waals surface area contributed by atoms with Gasteiger partial charge in [0.1, 0.15) is 0 Å². The van der Waals surface area contributed by atoms with Crippen molar-refractivity contribution in [2.45, 2.75) is 46.6 Å². The fourth-order valence-electron chi connectivity index (χ4n) is 4.43. The van der Waals surface area contributed by atoms with Crippen LogP contribution in [0.2, 0.25) is 0 Å². The molecule has 0 fully saturated rings. The monoisotopic (exact) mass is 389 g/mol. The van der Waals surface area contributed by atoms with Crippen molar-refractivity contribution in [3.63, 3.8) is 0 Å². The minimum absolute atomic E-state index is 0.0352. The molecule has 0 radical (unpaired) electrons. The van der Waals surface area contributed by atoms with Crippen molar-refractivity contribution in [2.75, 3.05) is 29.6 Å². The number of allylic oxidation sites excluding steroid dienone is 1. The molecule has 1 atom stereocenters. The second-order valence-corrected chi connectivity index (χ2v) is 9.50. The third kappa shape index (κ3) is 3.64. The van der Waals surface area contributed by atoms with E-state index in [0.717, 1.165) is 40.3 Å². The fraction of sp³-hybridized carbons (Fsp3) is 0.400. The lowest BCUT2D eigenvalue weighted by molar-refractivity contribution is -0.118. The number of anilines is 3. The SMILES string of the molecule is Cc1cc2c(cc1C)N[C@H](c1ccc(N(C)C)cc1)C1=C(CC(C)(C)CC1=O)N2. The van der Waals surface area contributed by atoms with Gasteiger partial charge in [-0.05, 0) is 66.6 Å². The number of carbonyl (C=O) groups is 1. The second-order valence-electron chi connectivity index (χ2n) is 9.50. The molecule has 2 aromatic rings. The standard InChI is InChI=1S/C25H31N3O/c1-15-11-19-20(12-16(15)2)27-24(17-7-9-18(10-8-17)28(5)6)23-21(26-19)13-25(3,4)14-22(23)29/h7-12,24,26-27H,13-14H2,1-6H3/t24-/m1/s1. The Morgan fingerprint density at radius 3 is 2.21 bits per heavy atom. The van der Waals surface area contributed by atoms with E-state index in [9.17, 15) is 4.79 Å². The van der Waals surface area contributed by atoms with Gasteiger partial charge in [0.05, 0.1) is 17.4 Å². The molecule has 1 aliphatic carbocycles. The number of aryl methyl sites for hydroxylation is 2. The molecule has 2 aromatic carbocycles. The van der Waals surface area contributed by atoms with Gasteiger partial charge < -0.3 is 15.5 Å². The van der Waals surface area contributed by atoms with E-state index in [0.29, 0.717) is 6.42 Å². The fourth-order valence-corrected chi connectivity index (χ4v) is 4.43. The smallest absolute Gasteiger partial charge is 0.163 e. The van der Waals surface area contributed by atoms with E-state index in [1.165, 1.54) is 11.1 Å². The molecule has 0 unspecified atom stereocenters. The van der Waals surface area contributed by atoms with Crippen LogP contribution in [0.15, 0.2) is 47.7 Å². The van der Waals surface area contributed by atoms with E-state index in [-0.39, 0.29) is 17.2 Å². The Kier molecular flexibility index (Phi) is 4.68. The molecule has 29 heavy (non-hydrogen) atoms. The van der Waals surface area contributed by atoms with Crippen LogP contribution in [-0.2, 0) is 4.79 Å². The molecule has 2 N–H and O–H groups in total. The molecule has 4 heteroatoms. The lowest BCUT2D eigenvalue weighted by atomic mass is 9.73. The van der Waals surface area contributed by atoms with Crippen LogP contribution in [0.5, 0.6) is 0 Å². The minimum Gasteiger partial charge on any atom is -0.378 e. The highest BCUT2D eigenvalue weighted by molar-refractivity contribution is 6.01. The average molecular weight is 390 g/mol. The van der Waals surface area contributed by atoms with Gasteiger partial charge in [0.15, 0.2) is 5.78 Å². The van der Waals surface area contributed by atoms with Crippen LogP contribution in [0, 0.1) is 19.3 Å². The maximum Gasteiger partial charge on any atom is 0.163 e. The van der Waals surface area contributed by atoms with Gasteiger partial charge in [-0.3, -0.25) is 4.79 Å². The van der Waals surface area contributed by atoms with Crippen LogP contribution < -0.4 is 15.5 Å². The number of hydrogen-bond donors (Lipinski definition) is 2. The van der Waals surface area contributed by atoms with E-state index in [1.54, 1.807) is 0 Å². The summed E-state index contributed by atoms with van der Waals surface area (Å²) in [6, 6.07) is 12.7. The maximum atomic E-state index is 13.3. The topological polar surface area (TPSA) is 44.4 Å². The Bertz CT molecular complexity index is 999. The summed E-state index contributed by atoms with van der Waals surface area (Å²) in [6.45, 7) is 8.61. The Hall–Kier alpha value is -2.75. The first-order chi connectivity index (χ1) is 13.6. The quantitative estimate of drug-likeness (QED) is 0.703. The highest BCUT2D eigenvalue weighted by Crippen LogP contribution is 2.46. The molecule has 0 spiro atoms. The number of Topliss-reactive ketones (excluding diaryl/α,β-unsaturated/α-hetero) is 1. The summed E-state index contributed by atoms with van der Waals surface area (Å²) >= 11 is 0. The summed E-state index contributed by atoms with van der Waals surface area (Å²) in [5, 5.41) is 7.33. The third-order valence-electron chi connectivity index (χ3n) is 6.17. The Balaban J connectivity index is 1.86. The number of rotatable bonds is 2. The summed E-state index contributed by atoms with van der Waals surface area (Å²) in [5.74, 6) is 0.235. The molecule has 2 aliphatic rings. The summed E-state index contributed by atoms with van der Waals surface area (Å²) in [7, 11) is 4.08. The molecule has 0 bridgehead atoms. The van der Waals surface area contributed by atoms with E-state index < -0.39 is 0 Å². The van der Waals surface area contributed by atoms with Crippen LogP contribution >= 0.6 is 0 Å². The normalized spacial score (nSPS) is 20.2. The first kappa shape index (κ1) is 19.6. The molecule has 4 rings (SSSR count). The van der Waals surface area contributed by atoms with Crippen LogP contribution in [-0.4, -0.2) is 19.9 Å². The van der Waals surface area contributed by atoms with Crippen molar-refractivity contribution in [3.8, 4) is 0 Å². The first-order valence-corrected chi connectivity index (χ1v) is 10.3. The summed E-state index contributed by atoms with van der Waals surface area (Å²) in [6.07, 6.45) is 1.45. The molecular formula is C25H31N3O. The minimum atomic E-state index is -0.152. The largest absolute Gasteiger partial charge is 0.378 e. The van der Waals surface area contributed by atoms with Crippen LogP contribution in [0.3, 0.4) is 0 Å². The Morgan fingerprint density at radius 2 is 1.59 bits per heavy atom. The van der Waals surface area contributed by atoms with Crippen molar-refractivity contribution in [1.82, 2.24) is 0 Å². The van der Waals surface area contributed by atoms with Crippen LogP contribution in [0.25, 0.3) is 0 Å². The van der Waals surface area contributed by atoms with Crippen molar-refractivity contribution < 1.29 is 4.79 Å². The second kappa shape index (κ2) is 6.94. The van der Waals surface area contributed by atoms with Crippen molar-refractivity contribution in [1.29, 1.82) is 0 Å². The highest BCUT2D eigenvalue weighted by Gasteiger charge is 2.38. The van der Waals surface area contributed by atoms with Crippen LogP contribution in [0.4, 0.5) is 17.1 Å². The van der Waals surface area contributed by atoms with Gasteiger partial charge in [0.25, 0.3) is 0 Å². The molecule has 152 valence electrons. The number of benzene rings is 2. The van der Waals surface area contributed by atoms with E-state index in [4.69, 9.17) is 0 Å². The molecular weight excluding hydrogens is 358 g/mol. The van der Waals surface area contributed by atoms with Gasteiger partial charge in [0.2, 0.25) is 0 Å². The maximum absolute atomic E-state index is 13.3. The van der Waals surface area contributed by atoms with Crippen molar-refractivity contribution >= 4 is 22.8 Å². The predicted molar refractivity (Wildman–Crippen MR) is 122 cm³/mol. The van der Waals surface area contributed by atoms with Crippen molar-refractivity contribution in [2.24, 2.45) is 5.41 Å². The molecule has 0 saturated heterocycles. The predicted octanol–water partition coefficient (Wildman–Crippen LogP) is 5.59. The Labute approximate surface area is 174 Å².